The van der Waals surface area contributed by atoms with E-state index >= 15 is 0 Å². The third kappa shape index (κ3) is 3.36. The van der Waals surface area contributed by atoms with Gasteiger partial charge in [-0.05, 0) is 55.7 Å². The SMILES string of the molecule is O=C(Nc1nc(-c2ccc3c(c2)CCCC3)cs1)c1ncoc1C1CCCO1. The highest BCUT2D eigenvalue weighted by Crippen LogP contribution is 2.32. The van der Waals surface area contributed by atoms with Gasteiger partial charge in [-0.1, -0.05) is 12.1 Å². The molecule has 1 atom stereocenters. The van der Waals surface area contributed by atoms with Crippen LogP contribution in [0.25, 0.3) is 11.3 Å². The molecule has 1 fully saturated rings. The van der Waals surface area contributed by atoms with Crippen LogP contribution in [-0.4, -0.2) is 22.5 Å². The first kappa shape index (κ1) is 17.6. The Morgan fingerprint density at radius 2 is 2.07 bits per heavy atom. The molecule has 1 aromatic carbocycles. The second-order valence-electron chi connectivity index (χ2n) is 7.25. The molecule has 28 heavy (non-hydrogen) atoms. The summed E-state index contributed by atoms with van der Waals surface area (Å²) < 4.78 is 11.0. The zero-order valence-electron chi connectivity index (χ0n) is 15.4. The molecule has 3 aromatic rings. The monoisotopic (exact) mass is 395 g/mol. The van der Waals surface area contributed by atoms with Gasteiger partial charge in [0.05, 0.1) is 5.69 Å². The van der Waals surface area contributed by atoms with Crippen molar-refractivity contribution < 1.29 is 13.9 Å². The summed E-state index contributed by atoms with van der Waals surface area (Å²) in [5.74, 6) is 0.187. The van der Waals surface area contributed by atoms with Crippen molar-refractivity contribution in [2.45, 2.75) is 44.6 Å². The summed E-state index contributed by atoms with van der Waals surface area (Å²) in [7, 11) is 0. The smallest absolute Gasteiger partial charge is 0.279 e. The first-order valence-electron chi connectivity index (χ1n) is 9.72. The number of thiazole rings is 1. The van der Waals surface area contributed by atoms with Gasteiger partial charge in [-0.25, -0.2) is 9.97 Å². The highest BCUT2D eigenvalue weighted by Gasteiger charge is 2.28. The Kier molecular flexibility index (Phi) is 4.70. The molecule has 0 bridgehead atoms. The number of carbonyl (C=O) groups excluding carboxylic acids is 1. The second-order valence-corrected chi connectivity index (χ2v) is 8.11. The van der Waals surface area contributed by atoms with Gasteiger partial charge in [0.1, 0.15) is 6.10 Å². The van der Waals surface area contributed by atoms with Crippen LogP contribution in [0, 0.1) is 0 Å². The minimum absolute atomic E-state index is 0.189. The second kappa shape index (κ2) is 7.48. The molecular formula is C21H21N3O3S. The first-order valence-corrected chi connectivity index (χ1v) is 10.6. The minimum atomic E-state index is -0.314. The van der Waals surface area contributed by atoms with Crippen molar-refractivity contribution >= 4 is 22.4 Å². The summed E-state index contributed by atoms with van der Waals surface area (Å²) in [5, 5.41) is 5.38. The number of ether oxygens (including phenoxy) is 1. The Labute approximate surface area is 167 Å². The van der Waals surface area contributed by atoms with E-state index in [2.05, 4.69) is 33.5 Å². The number of nitrogens with zero attached hydrogens (tertiary/aromatic N) is 2. The average molecular weight is 395 g/mol. The molecule has 1 aliphatic carbocycles. The molecule has 0 radical (unpaired) electrons. The first-order chi connectivity index (χ1) is 13.8. The van der Waals surface area contributed by atoms with Gasteiger partial charge in [0.2, 0.25) is 0 Å². The molecule has 0 saturated carbocycles. The lowest BCUT2D eigenvalue weighted by Crippen LogP contribution is -2.15. The van der Waals surface area contributed by atoms with Gasteiger partial charge in [-0.3, -0.25) is 10.1 Å². The Bertz CT molecular complexity index is 1000. The van der Waals surface area contributed by atoms with E-state index in [1.54, 1.807) is 0 Å². The van der Waals surface area contributed by atoms with Crippen LogP contribution in [0.1, 0.15) is 59.2 Å². The normalized spacial score (nSPS) is 18.8. The van der Waals surface area contributed by atoms with Crippen LogP contribution in [-0.2, 0) is 17.6 Å². The van der Waals surface area contributed by atoms with Gasteiger partial charge in [0.15, 0.2) is 23.0 Å². The molecule has 6 nitrogen and oxygen atoms in total. The lowest BCUT2D eigenvalue weighted by molar-refractivity contribution is 0.0889. The van der Waals surface area contributed by atoms with Gasteiger partial charge in [-0.15, -0.1) is 11.3 Å². The highest BCUT2D eigenvalue weighted by molar-refractivity contribution is 7.14. The average Bonchev–Trinajstić information content (AvgIpc) is 3.47. The number of carbonyl (C=O) groups is 1. The number of aromatic nitrogens is 2. The molecule has 3 heterocycles. The molecule has 1 amide bonds. The summed E-state index contributed by atoms with van der Waals surface area (Å²) in [6.07, 6.45) is 7.73. The van der Waals surface area contributed by atoms with Crippen LogP contribution in [0.5, 0.6) is 0 Å². The Balaban J connectivity index is 1.33. The summed E-state index contributed by atoms with van der Waals surface area (Å²) in [6.45, 7) is 0.684. The van der Waals surface area contributed by atoms with Crippen molar-refractivity contribution in [2.24, 2.45) is 0 Å². The van der Waals surface area contributed by atoms with Crippen molar-refractivity contribution in [1.82, 2.24) is 9.97 Å². The van der Waals surface area contributed by atoms with Crippen molar-refractivity contribution in [3.8, 4) is 11.3 Å². The largest absolute Gasteiger partial charge is 0.445 e. The Morgan fingerprint density at radius 3 is 2.93 bits per heavy atom. The molecule has 5 rings (SSSR count). The number of nitrogens with one attached hydrogen (secondary N) is 1. The molecular weight excluding hydrogens is 374 g/mol. The summed E-state index contributed by atoms with van der Waals surface area (Å²) >= 11 is 1.41. The number of anilines is 1. The number of benzene rings is 1. The van der Waals surface area contributed by atoms with Gasteiger partial charge >= 0.3 is 0 Å². The number of amides is 1. The molecule has 2 aromatic heterocycles. The summed E-state index contributed by atoms with van der Waals surface area (Å²) in [5.41, 5.74) is 5.13. The standard InChI is InChI=1S/C21H21N3O3S/c25-20(18-19(27-12-22-18)17-6-3-9-26-17)24-21-23-16(11-28-21)15-8-7-13-4-1-2-5-14(13)10-15/h7-8,10-12,17H,1-6,9H2,(H,23,24,25). The predicted octanol–water partition coefficient (Wildman–Crippen LogP) is 4.78. The lowest BCUT2D eigenvalue weighted by atomic mass is 9.90. The van der Waals surface area contributed by atoms with E-state index in [9.17, 15) is 4.79 Å². The Morgan fingerprint density at radius 1 is 1.18 bits per heavy atom. The van der Waals surface area contributed by atoms with Crippen molar-refractivity contribution in [3.63, 3.8) is 0 Å². The number of rotatable bonds is 4. The van der Waals surface area contributed by atoms with Crippen LogP contribution in [0.4, 0.5) is 5.13 Å². The number of oxazole rings is 1. The number of aryl methyl sites for hydroxylation is 2. The fourth-order valence-electron chi connectivity index (χ4n) is 3.95. The zero-order chi connectivity index (χ0) is 18.9. The molecule has 1 N–H and O–H groups in total. The number of fused-ring (bicyclic) bond motifs is 1. The van der Waals surface area contributed by atoms with E-state index in [0.717, 1.165) is 30.5 Å². The van der Waals surface area contributed by atoms with Crippen molar-refractivity contribution in [1.29, 1.82) is 0 Å². The maximum absolute atomic E-state index is 12.7. The fraction of sp³-hybridized carbons (Fsp3) is 0.381. The highest BCUT2D eigenvalue weighted by atomic mass is 32.1. The topological polar surface area (TPSA) is 77.3 Å². The molecule has 144 valence electrons. The van der Waals surface area contributed by atoms with Crippen LogP contribution in [0.2, 0.25) is 0 Å². The van der Waals surface area contributed by atoms with E-state index in [-0.39, 0.29) is 17.7 Å². The fourth-order valence-corrected chi connectivity index (χ4v) is 4.67. The number of hydrogen-bond donors (Lipinski definition) is 1. The third-order valence-corrected chi connectivity index (χ3v) is 6.16. The van der Waals surface area contributed by atoms with Crippen molar-refractivity contribution in [2.75, 3.05) is 11.9 Å². The minimum Gasteiger partial charge on any atom is -0.445 e. The van der Waals surface area contributed by atoms with Gasteiger partial charge in [-0.2, -0.15) is 0 Å². The van der Waals surface area contributed by atoms with Crippen LogP contribution < -0.4 is 5.32 Å². The van der Waals surface area contributed by atoms with Gasteiger partial charge < -0.3 is 9.15 Å². The maximum atomic E-state index is 12.7. The third-order valence-electron chi connectivity index (χ3n) is 5.40. The molecule has 0 spiro atoms. The van der Waals surface area contributed by atoms with Crippen LogP contribution in [0.3, 0.4) is 0 Å². The molecule has 7 heteroatoms. The summed E-state index contributed by atoms with van der Waals surface area (Å²) in [4.78, 5) is 21.4. The van der Waals surface area contributed by atoms with Gasteiger partial charge in [0, 0.05) is 17.6 Å². The van der Waals surface area contributed by atoms with E-state index in [1.807, 2.05) is 5.38 Å². The number of hydrogen-bond acceptors (Lipinski definition) is 6. The lowest BCUT2D eigenvalue weighted by Gasteiger charge is -2.16. The van der Waals surface area contributed by atoms with Gasteiger partial charge in [0.25, 0.3) is 5.91 Å². The van der Waals surface area contributed by atoms with E-state index in [0.29, 0.717) is 17.5 Å². The van der Waals surface area contributed by atoms with Crippen molar-refractivity contribution in [3.05, 3.63) is 52.6 Å². The predicted molar refractivity (Wildman–Crippen MR) is 107 cm³/mol. The van der Waals surface area contributed by atoms with Crippen LogP contribution >= 0.6 is 11.3 Å². The maximum Gasteiger partial charge on any atom is 0.279 e. The molecule has 1 saturated heterocycles. The van der Waals surface area contributed by atoms with E-state index < -0.39 is 0 Å². The molecule has 2 aliphatic rings. The molecule has 1 unspecified atom stereocenters. The summed E-state index contributed by atoms with van der Waals surface area (Å²) in [6, 6.07) is 6.57. The zero-order valence-corrected chi connectivity index (χ0v) is 16.3. The van der Waals surface area contributed by atoms with Crippen LogP contribution in [0.15, 0.2) is 34.4 Å². The van der Waals surface area contributed by atoms with E-state index in [1.165, 1.54) is 48.1 Å². The quantitative estimate of drug-likeness (QED) is 0.688. The molecule has 1 aliphatic heterocycles. The Hall–Kier alpha value is -2.51. The van der Waals surface area contributed by atoms with E-state index in [4.69, 9.17) is 9.15 Å².